The number of nitrogens with zero attached hydrogens (tertiary/aromatic N) is 1. The minimum absolute atomic E-state index is 0.327. The molecular weight excluding hydrogens is 202 g/mol. The fourth-order valence-corrected chi connectivity index (χ4v) is 1.89. The second-order valence-corrected chi connectivity index (χ2v) is 4.04. The Hall–Kier alpha value is -1.32. The molecule has 0 unspecified atom stereocenters. The van der Waals surface area contributed by atoms with Gasteiger partial charge in [0.05, 0.1) is 13.2 Å². The van der Waals surface area contributed by atoms with E-state index in [9.17, 15) is 5.11 Å². The largest absolute Gasteiger partial charge is 0.497 e. The third-order valence-corrected chi connectivity index (χ3v) is 2.73. The van der Waals surface area contributed by atoms with Gasteiger partial charge in [-0.25, -0.2) is 0 Å². The second-order valence-electron chi connectivity index (χ2n) is 4.04. The number of hydrogen-bond acceptors (Lipinski definition) is 3. The molecule has 0 bridgehead atoms. The third-order valence-electron chi connectivity index (χ3n) is 2.73. The standard InChI is InChI=1S/C13H17NO2/c1-16-13-6-4-11(5-7-13)9-14-8-2-3-12(15)10-14/h2-7,12,15H,8-10H2,1H3/t12-/m1/s1. The number of aliphatic hydroxyl groups is 1. The smallest absolute Gasteiger partial charge is 0.118 e. The predicted molar refractivity (Wildman–Crippen MR) is 63.4 cm³/mol. The summed E-state index contributed by atoms with van der Waals surface area (Å²) < 4.78 is 5.11. The first-order valence-corrected chi connectivity index (χ1v) is 5.48. The van der Waals surface area contributed by atoms with E-state index in [1.165, 1.54) is 5.56 Å². The van der Waals surface area contributed by atoms with Gasteiger partial charge in [0, 0.05) is 19.6 Å². The van der Waals surface area contributed by atoms with Gasteiger partial charge in [-0.15, -0.1) is 0 Å². The summed E-state index contributed by atoms with van der Waals surface area (Å²) in [5, 5.41) is 9.49. The second kappa shape index (κ2) is 5.14. The molecule has 86 valence electrons. The summed E-state index contributed by atoms with van der Waals surface area (Å²) in [6.07, 6.45) is 3.54. The van der Waals surface area contributed by atoms with E-state index in [4.69, 9.17) is 4.74 Å². The number of methoxy groups -OCH3 is 1. The zero-order valence-corrected chi connectivity index (χ0v) is 9.47. The lowest BCUT2D eigenvalue weighted by atomic mass is 10.1. The molecule has 3 nitrogen and oxygen atoms in total. The maximum absolute atomic E-state index is 9.49. The van der Waals surface area contributed by atoms with E-state index in [0.717, 1.165) is 18.8 Å². The Balaban J connectivity index is 1.95. The lowest BCUT2D eigenvalue weighted by Gasteiger charge is -2.26. The molecule has 2 rings (SSSR count). The Morgan fingerprint density at radius 1 is 1.38 bits per heavy atom. The number of ether oxygens (including phenoxy) is 1. The van der Waals surface area contributed by atoms with Crippen molar-refractivity contribution >= 4 is 0 Å². The van der Waals surface area contributed by atoms with Crippen molar-refractivity contribution in [2.24, 2.45) is 0 Å². The maximum Gasteiger partial charge on any atom is 0.118 e. The van der Waals surface area contributed by atoms with Crippen molar-refractivity contribution in [3.05, 3.63) is 42.0 Å². The molecule has 1 heterocycles. The minimum Gasteiger partial charge on any atom is -0.497 e. The lowest BCUT2D eigenvalue weighted by molar-refractivity contribution is 0.140. The number of rotatable bonds is 3. The van der Waals surface area contributed by atoms with Gasteiger partial charge < -0.3 is 9.84 Å². The van der Waals surface area contributed by atoms with Crippen LogP contribution in [0.1, 0.15) is 5.56 Å². The van der Waals surface area contributed by atoms with Crippen LogP contribution < -0.4 is 4.74 Å². The van der Waals surface area contributed by atoms with Crippen LogP contribution in [-0.2, 0) is 6.54 Å². The van der Waals surface area contributed by atoms with Crippen molar-refractivity contribution in [1.82, 2.24) is 4.90 Å². The molecular formula is C13H17NO2. The van der Waals surface area contributed by atoms with Crippen molar-refractivity contribution in [3.8, 4) is 5.75 Å². The van der Waals surface area contributed by atoms with E-state index in [-0.39, 0.29) is 6.10 Å². The minimum atomic E-state index is -0.327. The topological polar surface area (TPSA) is 32.7 Å². The first kappa shape index (κ1) is 11.2. The Labute approximate surface area is 96.0 Å². The zero-order valence-electron chi connectivity index (χ0n) is 9.47. The Morgan fingerprint density at radius 3 is 2.75 bits per heavy atom. The number of aliphatic hydroxyl groups excluding tert-OH is 1. The zero-order chi connectivity index (χ0) is 11.4. The van der Waals surface area contributed by atoms with Gasteiger partial charge in [0.15, 0.2) is 0 Å². The molecule has 0 saturated carbocycles. The SMILES string of the molecule is COc1ccc(CN2CC=C[C@@H](O)C2)cc1. The average molecular weight is 219 g/mol. The van der Waals surface area contributed by atoms with Crippen LogP contribution in [0.2, 0.25) is 0 Å². The fourth-order valence-electron chi connectivity index (χ4n) is 1.89. The number of hydrogen-bond donors (Lipinski definition) is 1. The lowest BCUT2D eigenvalue weighted by Crippen LogP contribution is -2.34. The van der Waals surface area contributed by atoms with E-state index >= 15 is 0 Å². The number of benzene rings is 1. The molecule has 1 N–H and O–H groups in total. The highest BCUT2D eigenvalue weighted by atomic mass is 16.5. The first-order chi connectivity index (χ1) is 7.78. The summed E-state index contributed by atoms with van der Waals surface area (Å²) in [5.74, 6) is 0.877. The summed E-state index contributed by atoms with van der Waals surface area (Å²) in [6, 6.07) is 8.05. The summed E-state index contributed by atoms with van der Waals surface area (Å²) in [4.78, 5) is 2.21. The maximum atomic E-state index is 9.49. The van der Waals surface area contributed by atoms with Crippen LogP contribution in [0, 0.1) is 0 Å². The molecule has 0 spiro atoms. The van der Waals surface area contributed by atoms with Crippen LogP contribution in [0.25, 0.3) is 0 Å². The Morgan fingerprint density at radius 2 is 2.12 bits per heavy atom. The van der Waals surface area contributed by atoms with Gasteiger partial charge in [0.1, 0.15) is 5.75 Å². The highest BCUT2D eigenvalue weighted by Crippen LogP contribution is 2.14. The average Bonchev–Trinajstić information content (AvgIpc) is 2.30. The quantitative estimate of drug-likeness (QED) is 0.781. The van der Waals surface area contributed by atoms with Crippen molar-refractivity contribution < 1.29 is 9.84 Å². The van der Waals surface area contributed by atoms with Crippen LogP contribution in [-0.4, -0.2) is 36.3 Å². The molecule has 16 heavy (non-hydrogen) atoms. The summed E-state index contributed by atoms with van der Waals surface area (Å²) >= 11 is 0. The Kier molecular flexibility index (Phi) is 3.59. The predicted octanol–water partition coefficient (Wildman–Crippen LogP) is 1.43. The summed E-state index contributed by atoms with van der Waals surface area (Å²) in [5.41, 5.74) is 1.24. The van der Waals surface area contributed by atoms with Gasteiger partial charge in [-0.2, -0.15) is 0 Å². The van der Waals surface area contributed by atoms with E-state index in [2.05, 4.69) is 17.0 Å². The number of β-amino-alcohol motifs (C(OH)–C–C–N with tert-alkyl or cyclic N) is 1. The van der Waals surface area contributed by atoms with Gasteiger partial charge in [-0.05, 0) is 17.7 Å². The highest BCUT2D eigenvalue weighted by molar-refractivity contribution is 5.27. The summed E-state index contributed by atoms with van der Waals surface area (Å²) in [6.45, 7) is 2.48. The molecule has 1 aliphatic rings. The van der Waals surface area contributed by atoms with Crippen LogP contribution >= 0.6 is 0 Å². The molecule has 1 aromatic carbocycles. The molecule has 0 radical (unpaired) electrons. The van der Waals surface area contributed by atoms with Crippen molar-refractivity contribution in [2.45, 2.75) is 12.6 Å². The van der Waals surface area contributed by atoms with Gasteiger partial charge in [0.25, 0.3) is 0 Å². The van der Waals surface area contributed by atoms with Crippen LogP contribution in [0.15, 0.2) is 36.4 Å². The van der Waals surface area contributed by atoms with Gasteiger partial charge in [-0.3, -0.25) is 4.90 Å². The van der Waals surface area contributed by atoms with Crippen molar-refractivity contribution in [2.75, 3.05) is 20.2 Å². The monoisotopic (exact) mass is 219 g/mol. The third kappa shape index (κ3) is 2.84. The molecule has 3 heteroatoms. The first-order valence-electron chi connectivity index (χ1n) is 5.48. The van der Waals surface area contributed by atoms with Crippen molar-refractivity contribution in [3.63, 3.8) is 0 Å². The van der Waals surface area contributed by atoms with Gasteiger partial charge >= 0.3 is 0 Å². The van der Waals surface area contributed by atoms with E-state index in [1.807, 2.05) is 24.3 Å². The molecule has 0 aliphatic carbocycles. The van der Waals surface area contributed by atoms with E-state index in [0.29, 0.717) is 6.54 Å². The summed E-state index contributed by atoms with van der Waals surface area (Å²) in [7, 11) is 1.67. The molecule has 0 aromatic heterocycles. The Bertz CT molecular complexity index is 359. The van der Waals surface area contributed by atoms with Gasteiger partial charge in [-0.1, -0.05) is 24.3 Å². The molecule has 1 atom stereocenters. The van der Waals surface area contributed by atoms with Crippen LogP contribution in [0.3, 0.4) is 0 Å². The normalized spacial score (nSPS) is 21.0. The molecule has 0 fully saturated rings. The highest BCUT2D eigenvalue weighted by Gasteiger charge is 2.12. The fraction of sp³-hybridized carbons (Fsp3) is 0.385. The van der Waals surface area contributed by atoms with Crippen molar-refractivity contribution in [1.29, 1.82) is 0 Å². The molecule has 0 saturated heterocycles. The molecule has 1 aromatic rings. The van der Waals surface area contributed by atoms with E-state index < -0.39 is 0 Å². The molecule has 0 amide bonds. The van der Waals surface area contributed by atoms with Crippen LogP contribution in [0.5, 0.6) is 5.75 Å². The molecule has 1 aliphatic heterocycles. The van der Waals surface area contributed by atoms with Gasteiger partial charge in [0.2, 0.25) is 0 Å². The van der Waals surface area contributed by atoms with E-state index in [1.54, 1.807) is 7.11 Å². The van der Waals surface area contributed by atoms with Crippen LogP contribution in [0.4, 0.5) is 0 Å².